The van der Waals surface area contributed by atoms with Gasteiger partial charge in [0.15, 0.2) is 0 Å². The van der Waals surface area contributed by atoms with E-state index >= 15 is 0 Å². The standard InChI is InChI=1S/C27H28FN3O3/c1-18(32)25-16-30(20-11-9-19(28)10-12-20)13-14-31(25)15-21(33)17-34-26-8-4-7-24-27(26)22-5-2-3-6-23(22)29-24/h2-12,21,25,29,33H,13-17H2,1H3. The molecule has 0 spiro atoms. The van der Waals surface area contributed by atoms with Crippen LogP contribution in [0.15, 0.2) is 66.7 Å². The number of piperazine rings is 1. The third kappa shape index (κ3) is 4.49. The topological polar surface area (TPSA) is 68.8 Å². The highest BCUT2D eigenvalue weighted by molar-refractivity contribution is 6.10. The number of halogens is 1. The van der Waals surface area contributed by atoms with Gasteiger partial charge in [-0.1, -0.05) is 24.3 Å². The normalized spacial score (nSPS) is 17.9. The van der Waals surface area contributed by atoms with E-state index in [0.717, 1.165) is 33.2 Å². The summed E-state index contributed by atoms with van der Waals surface area (Å²) in [6, 6.07) is 19.9. The van der Waals surface area contributed by atoms with Gasteiger partial charge in [-0.15, -0.1) is 0 Å². The van der Waals surface area contributed by atoms with E-state index in [1.54, 1.807) is 19.1 Å². The Kier molecular flexibility index (Phi) is 6.22. The number of aliphatic hydroxyl groups excluding tert-OH is 1. The van der Waals surface area contributed by atoms with Gasteiger partial charge in [0, 0.05) is 48.2 Å². The molecule has 1 saturated heterocycles. The van der Waals surface area contributed by atoms with E-state index in [4.69, 9.17) is 4.74 Å². The van der Waals surface area contributed by atoms with Crippen LogP contribution in [-0.4, -0.2) is 65.7 Å². The number of ether oxygens (including phenoxy) is 1. The lowest BCUT2D eigenvalue weighted by atomic mass is 10.1. The Morgan fingerprint density at radius 2 is 1.85 bits per heavy atom. The Morgan fingerprint density at radius 1 is 1.09 bits per heavy atom. The minimum atomic E-state index is -0.750. The minimum Gasteiger partial charge on any atom is -0.490 e. The number of carbonyl (C=O) groups excluding carboxylic acids is 1. The number of aliphatic hydroxyl groups is 1. The second-order valence-corrected chi connectivity index (χ2v) is 8.86. The first-order valence-corrected chi connectivity index (χ1v) is 11.5. The van der Waals surface area contributed by atoms with Gasteiger partial charge in [0.05, 0.1) is 11.6 Å². The molecule has 0 bridgehead atoms. The predicted octanol–water partition coefficient (Wildman–Crippen LogP) is 3.98. The lowest BCUT2D eigenvalue weighted by Crippen LogP contribution is -2.58. The highest BCUT2D eigenvalue weighted by Crippen LogP contribution is 2.33. The van der Waals surface area contributed by atoms with Crippen LogP contribution in [0, 0.1) is 5.82 Å². The maximum Gasteiger partial charge on any atom is 0.148 e. The summed E-state index contributed by atoms with van der Waals surface area (Å²) in [5.74, 6) is 0.485. The molecule has 1 fully saturated rings. The van der Waals surface area contributed by atoms with E-state index < -0.39 is 6.10 Å². The van der Waals surface area contributed by atoms with E-state index in [1.165, 1.54) is 12.1 Å². The number of hydrogen-bond donors (Lipinski definition) is 2. The first-order valence-electron chi connectivity index (χ1n) is 11.5. The van der Waals surface area contributed by atoms with Crippen molar-refractivity contribution in [2.24, 2.45) is 0 Å². The van der Waals surface area contributed by atoms with Gasteiger partial charge in [-0.3, -0.25) is 9.69 Å². The first kappa shape index (κ1) is 22.4. The summed E-state index contributed by atoms with van der Waals surface area (Å²) < 4.78 is 19.3. The van der Waals surface area contributed by atoms with Gasteiger partial charge in [0.1, 0.15) is 30.1 Å². The second kappa shape index (κ2) is 9.44. The molecule has 2 N–H and O–H groups in total. The van der Waals surface area contributed by atoms with Crippen molar-refractivity contribution >= 4 is 33.3 Å². The van der Waals surface area contributed by atoms with Crippen molar-refractivity contribution in [2.75, 3.05) is 37.7 Å². The van der Waals surface area contributed by atoms with Crippen LogP contribution < -0.4 is 9.64 Å². The summed E-state index contributed by atoms with van der Waals surface area (Å²) in [4.78, 5) is 19.9. The molecule has 5 rings (SSSR count). The van der Waals surface area contributed by atoms with Crippen LogP contribution in [0.2, 0.25) is 0 Å². The number of aromatic nitrogens is 1. The number of β-amino-alcohol motifs (C(OH)–C–C–N with tert-alkyl or cyclic N) is 1. The fourth-order valence-electron chi connectivity index (χ4n) is 4.81. The van der Waals surface area contributed by atoms with Crippen LogP contribution in [0.1, 0.15) is 6.92 Å². The Labute approximate surface area is 197 Å². The van der Waals surface area contributed by atoms with Crippen LogP contribution in [0.4, 0.5) is 10.1 Å². The Morgan fingerprint density at radius 3 is 2.65 bits per heavy atom. The average molecular weight is 462 g/mol. The number of nitrogens with zero attached hydrogens (tertiary/aromatic N) is 2. The Bertz CT molecular complexity index is 1300. The number of anilines is 1. The molecular formula is C27H28FN3O3. The zero-order chi connectivity index (χ0) is 23.7. The minimum absolute atomic E-state index is 0.0449. The molecular weight excluding hydrogens is 433 g/mol. The number of hydrogen-bond acceptors (Lipinski definition) is 5. The third-order valence-corrected chi connectivity index (χ3v) is 6.52. The molecule has 2 heterocycles. The maximum absolute atomic E-state index is 13.3. The number of H-pyrrole nitrogens is 1. The second-order valence-electron chi connectivity index (χ2n) is 8.86. The number of rotatable bonds is 7. The van der Waals surface area contributed by atoms with Gasteiger partial charge in [-0.2, -0.15) is 0 Å². The highest BCUT2D eigenvalue weighted by atomic mass is 19.1. The molecule has 1 aliphatic heterocycles. The number of Topliss-reactive ketones (excluding diaryl/α,β-unsaturated/α-hetero) is 1. The smallest absolute Gasteiger partial charge is 0.148 e. The van der Waals surface area contributed by atoms with Crippen molar-refractivity contribution in [3.8, 4) is 5.75 Å². The van der Waals surface area contributed by atoms with E-state index in [1.807, 2.05) is 41.3 Å². The van der Waals surface area contributed by atoms with Gasteiger partial charge >= 0.3 is 0 Å². The molecule has 7 heteroatoms. The summed E-state index contributed by atoms with van der Waals surface area (Å²) in [5, 5.41) is 12.9. The molecule has 0 amide bonds. The van der Waals surface area contributed by atoms with Crippen LogP contribution in [-0.2, 0) is 4.79 Å². The van der Waals surface area contributed by atoms with Gasteiger partial charge in [-0.25, -0.2) is 4.39 Å². The van der Waals surface area contributed by atoms with Gasteiger partial charge in [-0.05, 0) is 49.4 Å². The van der Waals surface area contributed by atoms with E-state index in [-0.39, 0.29) is 24.2 Å². The van der Waals surface area contributed by atoms with Crippen molar-refractivity contribution < 1.29 is 19.0 Å². The monoisotopic (exact) mass is 461 g/mol. The van der Waals surface area contributed by atoms with E-state index in [9.17, 15) is 14.3 Å². The van der Waals surface area contributed by atoms with E-state index in [2.05, 4.69) is 16.0 Å². The lowest BCUT2D eigenvalue weighted by Gasteiger charge is -2.42. The Hall–Kier alpha value is -3.42. The summed E-state index contributed by atoms with van der Waals surface area (Å²) >= 11 is 0. The van der Waals surface area contributed by atoms with Crippen LogP contribution in [0.5, 0.6) is 5.75 Å². The fourth-order valence-corrected chi connectivity index (χ4v) is 4.81. The molecule has 4 aromatic rings. The largest absolute Gasteiger partial charge is 0.490 e. The molecule has 2 atom stereocenters. The number of aromatic amines is 1. The maximum atomic E-state index is 13.3. The molecule has 3 aromatic carbocycles. The molecule has 0 aliphatic carbocycles. The van der Waals surface area contributed by atoms with E-state index in [0.29, 0.717) is 26.2 Å². The predicted molar refractivity (Wildman–Crippen MR) is 132 cm³/mol. The number of carbonyl (C=O) groups is 1. The number of benzene rings is 3. The van der Waals surface area contributed by atoms with Crippen molar-refractivity contribution in [1.29, 1.82) is 0 Å². The van der Waals surface area contributed by atoms with Crippen molar-refractivity contribution in [3.05, 3.63) is 72.5 Å². The van der Waals surface area contributed by atoms with Crippen LogP contribution >= 0.6 is 0 Å². The van der Waals surface area contributed by atoms with Gasteiger partial charge < -0.3 is 19.7 Å². The van der Waals surface area contributed by atoms with Crippen molar-refractivity contribution in [2.45, 2.75) is 19.1 Å². The third-order valence-electron chi connectivity index (χ3n) is 6.52. The summed E-state index contributed by atoms with van der Waals surface area (Å²) in [6.07, 6.45) is -0.750. The van der Waals surface area contributed by atoms with Crippen molar-refractivity contribution in [3.63, 3.8) is 0 Å². The number of para-hydroxylation sites is 1. The van der Waals surface area contributed by atoms with Crippen molar-refractivity contribution in [1.82, 2.24) is 9.88 Å². The number of nitrogens with one attached hydrogen (secondary N) is 1. The summed E-state index contributed by atoms with van der Waals surface area (Å²) in [6.45, 7) is 3.86. The summed E-state index contributed by atoms with van der Waals surface area (Å²) in [5.41, 5.74) is 2.92. The zero-order valence-electron chi connectivity index (χ0n) is 19.1. The number of ketones is 1. The van der Waals surface area contributed by atoms with Crippen LogP contribution in [0.25, 0.3) is 21.8 Å². The molecule has 2 unspecified atom stereocenters. The average Bonchev–Trinajstić information content (AvgIpc) is 3.23. The zero-order valence-corrected chi connectivity index (χ0v) is 19.1. The molecule has 0 saturated carbocycles. The molecule has 176 valence electrons. The Balaban J connectivity index is 1.25. The van der Waals surface area contributed by atoms with Gasteiger partial charge in [0.2, 0.25) is 0 Å². The summed E-state index contributed by atoms with van der Waals surface area (Å²) in [7, 11) is 0. The highest BCUT2D eigenvalue weighted by Gasteiger charge is 2.31. The molecule has 1 aliphatic rings. The fraction of sp³-hybridized carbons (Fsp3) is 0.296. The van der Waals surface area contributed by atoms with Crippen LogP contribution in [0.3, 0.4) is 0 Å². The van der Waals surface area contributed by atoms with Gasteiger partial charge in [0.25, 0.3) is 0 Å². The quantitative estimate of drug-likeness (QED) is 0.436. The molecule has 6 nitrogen and oxygen atoms in total. The SMILES string of the molecule is CC(=O)C1CN(c2ccc(F)cc2)CCN1CC(O)COc1cccc2[nH]c3ccccc3c12. The lowest BCUT2D eigenvalue weighted by molar-refractivity contribution is -0.123. The molecule has 34 heavy (non-hydrogen) atoms. The number of fused-ring (bicyclic) bond motifs is 3. The first-order chi connectivity index (χ1) is 16.5. The molecule has 1 aromatic heterocycles. The molecule has 0 radical (unpaired) electrons.